The molecule has 2 aliphatic rings. The van der Waals surface area contributed by atoms with Crippen molar-refractivity contribution in [1.82, 2.24) is 15.1 Å². The summed E-state index contributed by atoms with van der Waals surface area (Å²) in [5.41, 5.74) is 0. The first-order valence-electron chi connectivity index (χ1n) is 7.84. The Morgan fingerprint density at radius 2 is 2.29 bits per heavy atom. The monoisotopic (exact) mass is 292 g/mol. The Hall–Kier alpha value is -1.40. The fourth-order valence-electron chi connectivity index (χ4n) is 3.23. The van der Waals surface area contributed by atoms with E-state index in [4.69, 9.17) is 4.74 Å². The van der Waals surface area contributed by atoms with Crippen molar-refractivity contribution < 1.29 is 9.53 Å². The van der Waals surface area contributed by atoms with Crippen molar-refractivity contribution >= 4 is 11.7 Å². The summed E-state index contributed by atoms with van der Waals surface area (Å²) in [4.78, 5) is 14.5. The predicted molar refractivity (Wildman–Crippen MR) is 80.2 cm³/mol. The molecule has 2 saturated heterocycles. The number of anilines is 1. The first-order chi connectivity index (χ1) is 10.1. The Morgan fingerprint density at radius 3 is 2.95 bits per heavy atom. The highest BCUT2D eigenvalue weighted by Crippen LogP contribution is 2.21. The van der Waals surface area contributed by atoms with Crippen molar-refractivity contribution in [3.8, 4) is 0 Å². The lowest BCUT2D eigenvalue weighted by molar-refractivity contribution is -0.122. The molecule has 1 aromatic heterocycles. The molecule has 2 fully saturated rings. The molecule has 116 valence electrons. The van der Waals surface area contributed by atoms with E-state index < -0.39 is 0 Å². The number of piperidine rings is 1. The second kappa shape index (κ2) is 6.15. The third kappa shape index (κ3) is 3.11. The molecule has 0 spiro atoms. The average Bonchev–Trinajstić information content (AvgIpc) is 3.12. The van der Waals surface area contributed by atoms with Crippen molar-refractivity contribution in [3.63, 3.8) is 0 Å². The van der Waals surface area contributed by atoms with Crippen LogP contribution in [0.1, 0.15) is 32.6 Å². The van der Waals surface area contributed by atoms with Gasteiger partial charge in [0, 0.05) is 38.5 Å². The molecule has 0 radical (unpaired) electrons. The molecule has 0 saturated carbocycles. The lowest BCUT2D eigenvalue weighted by Gasteiger charge is -2.34. The second-order valence-corrected chi connectivity index (χ2v) is 6.04. The number of amides is 1. The van der Waals surface area contributed by atoms with E-state index in [-0.39, 0.29) is 24.1 Å². The second-order valence-electron chi connectivity index (χ2n) is 6.04. The normalized spacial score (nSPS) is 28.1. The van der Waals surface area contributed by atoms with E-state index >= 15 is 0 Å². The van der Waals surface area contributed by atoms with Gasteiger partial charge in [-0.2, -0.15) is 5.10 Å². The van der Waals surface area contributed by atoms with Crippen LogP contribution in [0.2, 0.25) is 0 Å². The standard InChI is InChI=1S/C15H24N4O2/c1-11(13-6-4-10-21-13)16-12-5-3-8-19(15(12)20)14-7-9-18(2)17-14/h7,9,11-13,16H,3-6,8,10H2,1-2H3/t11-,12-,13+/m0/s1. The van der Waals surface area contributed by atoms with E-state index in [1.165, 1.54) is 0 Å². The maximum Gasteiger partial charge on any atom is 0.245 e. The summed E-state index contributed by atoms with van der Waals surface area (Å²) in [7, 11) is 1.87. The highest BCUT2D eigenvalue weighted by atomic mass is 16.5. The minimum Gasteiger partial charge on any atom is -0.377 e. The average molecular weight is 292 g/mol. The van der Waals surface area contributed by atoms with Crippen LogP contribution in [0.3, 0.4) is 0 Å². The SMILES string of the molecule is C[C@H](N[C@H]1CCCN(c2ccn(C)n2)C1=O)[C@H]1CCCO1. The Labute approximate surface area is 125 Å². The van der Waals surface area contributed by atoms with E-state index in [0.717, 1.165) is 44.7 Å². The minimum atomic E-state index is -0.125. The van der Waals surface area contributed by atoms with Crippen molar-refractivity contribution in [2.24, 2.45) is 7.05 Å². The Morgan fingerprint density at radius 1 is 1.43 bits per heavy atom. The molecule has 0 aromatic carbocycles. The van der Waals surface area contributed by atoms with Gasteiger partial charge in [-0.1, -0.05) is 0 Å². The summed E-state index contributed by atoms with van der Waals surface area (Å²) in [5, 5.41) is 7.81. The lowest BCUT2D eigenvalue weighted by Crippen LogP contribution is -2.55. The molecule has 3 rings (SSSR count). The molecule has 6 nitrogen and oxygen atoms in total. The van der Waals surface area contributed by atoms with Crippen molar-refractivity contribution in [1.29, 1.82) is 0 Å². The summed E-state index contributed by atoms with van der Waals surface area (Å²) >= 11 is 0. The van der Waals surface area contributed by atoms with E-state index in [9.17, 15) is 4.79 Å². The number of hydrogen-bond donors (Lipinski definition) is 1. The molecule has 0 aliphatic carbocycles. The number of carbonyl (C=O) groups is 1. The number of nitrogens with one attached hydrogen (secondary N) is 1. The first kappa shape index (κ1) is 14.5. The van der Waals surface area contributed by atoms with Gasteiger partial charge in [0.2, 0.25) is 5.91 Å². The smallest absolute Gasteiger partial charge is 0.245 e. The third-order valence-corrected chi connectivity index (χ3v) is 4.40. The van der Waals surface area contributed by atoms with Crippen LogP contribution in [-0.2, 0) is 16.6 Å². The van der Waals surface area contributed by atoms with Crippen LogP contribution in [0.15, 0.2) is 12.3 Å². The van der Waals surface area contributed by atoms with Gasteiger partial charge < -0.3 is 10.1 Å². The third-order valence-electron chi connectivity index (χ3n) is 4.40. The summed E-state index contributed by atoms with van der Waals surface area (Å²) in [5.74, 6) is 0.878. The summed E-state index contributed by atoms with van der Waals surface area (Å²) in [6.07, 6.45) is 6.20. The number of aryl methyl sites for hydroxylation is 1. The Balaban J connectivity index is 1.64. The first-order valence-corrected chi connectivity index (χ1v) is 7.84. The molecule has 0 unspecified atom stereocenters. The number of hydrogen-bond acceptors (Lipinski definition) is 4. The molecule has 3 heterocycles. The predicted octanol–water partition coefficient (Wildman–Crippen LogP) is 1.07. The van der Waals surface area contributed by atoms with Gasteiger partial charge in [-0.15, -0.1) is 0 Å². The van der Waals surface area contributed by atoms with Crippen LogP contribution in [0.5, 0.6) is 0 Å². The van der Waals surface area contributed by atoms with Crippen LogP contribution >= 0.6 is 0 Å². The highest BCUT2D eigenvalue weighted by Gasteiger charge is 2.33. The van der Waals surface area contributed by atoms with Gasteiger partial charge in [0.25, 0.3) is 0 Å². The maximum atomic E-state index is 12.7. The zero-order chi connectivity index (χ0) is 14.8. The van der Waals surface area contributed by atoms with Gasteiger partial charge >= 0.3 is 0 Å². The van der Waals surface area contributed by atoms with Crippen LogP contribution in [0.25, 0.3) is 0 Å². The highest BCUT2D eigenvalue weighted by molar-refractivity contribution is 5.97. The molecule has 1 N–H and O–H groups in total. The fourth-order valence-corrected chi connectivity index (χ4v) is 3.23. The van der Waals surface area contributed by atoms with Gasteiger partial charge in [-0.25, -0.2) is 0 Å². The van der Waals surface area contributed by atoms with Gasteiger partial charge in [-0.05, 0) is 32.6 Å². The van der Waals surface area contributed by atoms with E-state index in [0.29, 0.717) is 0 Å². The Bertz CT molecular complexity index is 496. The molecule has 1 aromatic rings. The number of rotatable bonds is 4. The molecular formula is C15H24N4O2. The summed E-state index contributed by atoms with van der Waals surface area (Å²) in [6.45, 7) is 3.71. The molecule has 0 bridgehead atoms. The van der Waals surface area contributed by atoms with Crippen LogP contribution in [0, 0.1) is 0 Å². The quantitative estimate of drug-likeness (QED) is 0.902. The topological polar surface area (TPSA) is 59.4 Å². The number of ether oxygens (including phenoxy) is 1. The molecule has 6 heteroatoms. The lowest BCUT2D eigenvalue weighted by atomic mass is 10.0. The van der Waals surface area contributed by atoms with Gasteiger partial charge in [0.15, 0.2) is 5.82 Å². The molecular weight excluding hydrogens is 268 g/mol. The Kier molecular flexibility index (Phi) is 4.26. The number of carbonyl (C=O) groups excluding carboxylic acids is 1. The summed E-state index contributed by atoms with van der Waals surface area (Å²) in [6, 6.07) is 1.98. The van der Waals surface area contributed by atoms with Crippen molar-refractivity contribution in [2.75, 3.05) is 18.1 Å². The minimum absolute atomic E-state index is 0.125. The molecule has 3 atom stereocenters. The van der Waals surface area contributed by atoms with Crippen LogP contribution in [0.4, 0.5) is 5.82 Å². The fraction of sp³-hybridized carbons (Fsp3) is 0.733. The largest absolute Gasteiger partial charge is 0.377 e. The zero-order valence-corrected chi connectivity index (χ0v) is 12.8. The van der Waals surface area contributed by atoms with Crippen molar-refractivity contribution in [2.45, 2.75) is 50.8 Å². The van der Waals surface area contributed by atoms with E-state index in [2.05, 4.69) is 17.3 Å². The molecule has 1 amide bonds. The van der Waals surface area contributed by atoms with Gasteiger partial charge in [0.05, 0.1) is 12.1 Å². The summed E-state index contributed by atoms with van der Waals surface area (Å²) < 4.78 is 7.43. The number of aromatic nitrogens is 2. The molecule has 21 heavy (non-hydrogen) atoms. The van der Waals surface area contributed by atoms with Gasteiger partial charge in [-0.3, -0.25) is 14.4 Å². The van der Waals surface area contributed by atoms with E-state index in [1.54, 1.807) is 9.58 Å². The van der Waals surface area contributed by atoms with Crippen molar-refractivity contribution in [3.05, 3.63) is 12.3 Å². The van der Waals surface area contributed by atoms with Crippen LogP contribution < -0.4 is 10.2 Å². The molecule has 2 aliphatic heterocycles. The van der Waals surface area contributed by atoms with E-state index in [1.807, 2.05) is 19.3 Å². The number of nitrogens with zero attached hydrogens (tertiary/aromatic N) is 3. The van der Waals surface area contributed by atoms with Gasteiger partial charge in [0.1, 0.15) is 0 Å². The zero-order valence-electron chi connectivity index (χ0n) is 12.8. The van der Waals surface area contributed by atoms with Crippen LogP contribution in [-0.4, -0.2) is 47.0 Å². The maximum absolute atomic E-state index is 12.7.